The average Bonchev–Trinajstić information content (AvgIpc) is 3.36. The van der Waals surface area contributed by atoms with Crippen molar-refractivity contribution in [2.75, 3.05) is 25.7 Å². The van der Waals surface area contributed by atoms with Gasteiger partial charge in [0, 0.05) is 18.5 Å². The number of halogens is 1. The summed E-state index contributed by atoms with van der Waals surface area (Å²) in [4.78, 5) is 18.4. The van der Waals surface area contributed by atoms with Crippen molar-refractivity contribution in [3.63, 3.8) is 0 Å². The predicted octanol–water partition coefficient (Wildman–Crippen LogP) is 3.72. The zero-order valence-electron chi connectivity index (χ0n) is 16.3. The first-order chi connectivity index (χ1) is 14.0. The Bertz CT molecular complexity index is 1070. The highest BCUT2D eigenvalue weighted by Gasteiger charge is 2.36. The van der Waals surface area contributed by atoms with Crippen LogP contribution in [0, 0.1) is 12.7 Å². The lowest BCUT2D eigenvalue weighted by atomic mass is 10.1. The Hall–Kier alpha value is -3.42. The van der Waals surface area contributed by atoms with Crippen LogP contribution in [0.3, 0.4) is 0 Å². The summed E-state index contributed by atoms with van der Waals surface area (Å²) in [6, 6.07) is 10.0. The van der Waals surface area contributed by atoms with Gasteiger partial charge in [-0.05, 0) is 42.8 Å². The van der Waals surface area contributed by atoms with E-state index in [-0.39, 0.29) is 30.5 Å². The van der Waals surface area contributed by atoms with E-state index in [0.29, 0.717) is 28.8 Å². The zero-order valence-corrected chi connectivity index (χ0v) is 16.3. The third kappa shape index (κ3) is 3.53. The number of rotatable bonds is 5. The van der Waals surface area contributed by atoms with Crippen molar-refractivity contribution in [2.24, 2.45) is 0 Å². The number of aryl methyl sites for hydroxylation is 1. The second-order valence-electron chi connectivity index (χ2n) is 6.89. The number of ether oxygens (including phenoxy) is 2. The lowest BCUT2D eigenvalue weighted by Gasteiger charge is -2.17. The molecule has 1 aromatic heterocycles. The molecule has 0 saturated carbocycles. The zero-order chi connectivity index (χ0) is 20.5. The fourth-order valence-corrected chi connectivity index (χ4v) is 3.43. The van der Waals surface area contributed by atoms with Gasteiger partial charge in [-0.2, -0.15) is 4.98 Å². The standard InChI is InChI=1S/C21H20FN3O4/c1-12-4-6-15(22)16(8-12)25-11-14(10-19(25)26)21-23-20(24-29-21)13-5-7-17(27-2)18(9-13)28-3/h4-9,14H,10-11H2,1-3H3. The van der Waals surface area contributed by atoms with E-state index in [0.717, 1.165) is 5.56 Å². The van der Waals surface area contributed by atoms with Crippen molar-refractivity contribution < 1.29 is 23.2 Å². The smallest absolute Gasteiger partial charge is 0.232 e. The first-order valence-corrected chi connectivity index (χ1v) is 9.12. The maximum atomic E-state index is 14.2. The van der Waals surface area contributed by atoms with Crippen LogP contribution in [0.1, 0.15) is 23.8 Å². The van der Waals surface area contributed by atoms with E-state index in [1.807, 2.05) is 6.92 Å². The van der Waals surface area contributed by atoms with Crippen LogP contribution in [0.4, 0.5) is 10.1 Å². The Kier molecular flexibility index (Phi) is 4.92. The topological polar surface area (TPSA) is 77.7 Å². The number of nitrogens with zero attached hydrogens (tertiary/aromatic N) is 3. The monoisotopic (exact) mass is 397 g/mol. The Morgan fingerprint density at radius 3 is 2.69 bits per heavy atom. The number of carbonyl (C=O) groups excluding carboxylic acids is 1. The molecular formula is C21H20FN3O4. The molecule has 1 amide bonds. The number of carbonyl (C=O) groups is 1. The molecule has 8 heteroatoms. The van der Waals surface area contributed by atoms with E-state index in [4.69, 9.17) is 14.0 Å². The summed E-state index contributed by atoms with van der Waals surface area (Å²) in [7, 11) is 3.11. The van der Waals surface area contributed by atoms with E-state index >= 15 is 0 Å². The van der Waals surface area contributed by atoms with Gasteiger partial charge >= 0.3 is 0 Å². The lowest BCUT2D eigenvalue weighted by molar-refractivity contribution is -0.117. The number of benzene rings is 2. The molecule has 0 spiro atoms. The molecule has 0 aliphatic carbocycles. The summed E-state index contributed by atoms with van der Waals surface area (Å²) in [6.07, 6.45) is 0.181. The Labute approximate surface area is 167 Å². The molecular weight excluding hydrogens is 377 g/mol. The molecule has 0 radical (unpaired) electrons. The molecule has 150 valence electrons. The molecule has 1 atom stereocenters. The van der Waals surface area contributed by atoms with E-state index in [1.165, 1.54) is 11.0 Å². The van der Waals surface area contributed by atoms with Gasteiger partial charge in [-0.15, -0.1) is 0 Å². The van der Waals surface area contributed by atoms with Crippen LogP contribution in [0.5, 0.6) is 11.5 Å². The summed E-state index contributed by atoms with van der Waals surface area (Å²) < 4.78 is 30.2. The first-order valence-electron chi connectivity index (χ1n) is 9.12. The molecule has 1 aliphatic heterocycles. The van der Waals surface area contributed by atoms with E-state index in [2.05, 4.69) is 10.1 Å². The van der Waals surface area contributed by atoms with Crippen LogP contribution in [-0.4, -0.2) is 36.8 Å². The Balaban J connectivity index is 1.58. The number of aromatic nitrogens is 2. The minimum Gasteiger partial charge on any atom is -0.493 e. The molecule has 0 N–H and O–H groups in total. The van der Waals surface area contributed by atoms with Gasteiger partial charge in [-0.25, -0.2) is 4.39 Å². The quantitative estimate of drug-likeness (QED) is 0.653. The molecule has 2 aromatic carbocycles. The highest BCUT2D eigenvalue weighted by Crippen LogP contribution is 2.35. The number of methoxy groups -OCH3 is 2. The van der Waals surface area contributed by atoms with Crippen molar-refractivity contribution in [1.82, 2.24) is 10.1 Å². The number of hydrogen-bond donors (Lipinski definition) is 0. The van der Waals surface area contributed by atoms with Crippen LogP contribution >= 0.6 is 0 Å². The van der Waals surface area contributed by atoms with E-state index in [1.54, 1.807) is 44.6 Å². The summed E-state index contributed by atoms with van der Waals surface area (Å²) in [5, 5.41) is 4.03. The summed E-state index contributed by atoms with van der Waals surface area (Å²) in [6.45, 7) is 2.14. The van der Waals surface area contributed by atoms with Gasteiger partial charge in [0.25, 0.3) is 0 Å². The molecule has 7 nitrogen and oxygen atoms in total. The lowest BCUT2D eigenvalue weighted by Crippen LogP contribution is -2.25. The molecule has 1 fully saturated rings. The SMILES string of the molecule is COc1ccc(-c2noc(C3CC(=O)N(c4cc(C)ccc4F)C3)n2)cc1OC. The summed E-state index contributed by atoms with van der Waals surface area (Å²) in [5.41, 5.74) is 1.85. The van der Waals surface area contributed by atoms with Crippen LogP contribution in [0.25, 0.3) is 11.4 Å². The van der Waals surface area contributed by atoms with Crippen molar-refractivity contribution >= 4 is 11.6 Å². The molecule has 3 aromatic rings. The molecule has 1 saturated heterocycles. The van der Waals surface area contributed by atoms with Gasteiger partial charge in [0.2, 0.25) is 17.6 Å². The maximum Gasteiger partial charge on any atom is 0.232 e. The van der Waals surface area contributed by atoms with E-state index < -0.39 is 5.82 Å². The van der Waals surface area contributed by atoms with Crippen LogP contribution < -0.4 is 14.4 Å². The number of hydrogen-bond acceptors (Lipinski definition) is 6. The van der Waals surface area contributed by atoms with Gasteiger partial charge in [-0.1, -0.05) is 11.2 Å². The molecule has 1 unspecified atom stereocenters. The normalized spacial score (nSPS) is 16.3. The predicted molar refractivity (Wildman–Crippen MR) is 104 cm³/mol. The van der Waals surface area contributed by atoms with Crippen molar-refractivity contribution in [3.05, 3.63) is 53.7 Å². The van der Waals surface area contributed by atoms with Gasteiger partial charge in [0.15, 0.2) is 11.5 Å². The first kappa shape index (κ1) is 18.9. The van der Waals surface area contributed by atoms with Gasteiger partial charge in [-0.3, -0.25) is 4.79 Å². The van der Waals surface area contributed by atoms with Crippen molar-refractivity contribution in [3.8, 4) is 22.9 Å². The minimum atomic E-state index is -0.429. The number of anilines is 1. The van der Waals surface area contributed by atoms with Crippen molar-refractivity contribution in [2.45, 2.75) is 19.3 Å². The van der Waals surface area contributed by atoms with Crippen LogP contribution in [0.2, 0.25) is 0 Å². The fraction of sp³-hybridized carbons (Fsp3) is 0.286. The maximum absolute atomic E-state index is 14.2. The average molecular weight is 397 g/mol. The minimum absolute atomic E-state index is 0.176. The second-order valence-corrected chi connectivity index (χ2v) is 6.89. The summed E-state index contributed by atoms with van der Waals surface area (Å²) in [5.74, 6) is 0.966. The Morgan fingerprint density at radius 1 is 1.14 bits per heavy atom. The van der Waals surface area contributed by atoms with Gasteiger partial charge < -0.3 is 18.9 Å². The molecule has 0 bridgehead atoms. The highest BCUT2D eigenvalue weighted by atomic mass is 19.1. The number of amides is 1. The third-order valence-corrected chi connectivity index (χ3v) is 4.95. The second kappa shape index (κ2) is 7.54. The van der Waals surface area contributed by atoms with Crippen LogP contribution in [-0.2, 0) is 4.79 Å². The molecule has 29 heavy (non-hydrogen) atoms. The molecule has 2 heterocycles. The molecule has 4 rings (SSSR count). The third-order valence-electron chi connectivity index (χ3n) is 4.95. The van der Waals surface area contributed by atoms with Crippen LogP contribution in [0.15, 0.2) is 40.9 Å². The van der Waals surface area contributed by atoms with Crippen molar-refractivity contribution in [1.29, 1.82) is 0 Å². The summed E-state index contributed by atoms with van der Waals surface area (Å²) >= 11 is 0. The Morgan fingerprint density at radius 2 is 1.93 bits per heavy atom. The fourth-order valence-electron chi connectivity index (χ4n) is 3.43. The van der Waals surface area contributed by atoms with Gasteiger partial charge in [0.05, 0.1) is 25.8 Å². The highest BCUT2D eigenvalue weighted by molar-refractivity contribution is 5.96. The largest absolute Gasteiger partial charge is 0.493 e. The van der Waals surface area contributed by atoms with Gasteiger partial charge in [0.1, 0.15) is 5.82 Å². The molecule has 1 aliphatic rings. The van der Waals surface area contributed by atoms with E-state index in [9.17, 15) is 9.18 Å².